The standard InChI is InChI=1S/C20H24F3N3O3S/c21-20(22,23)16-5-2-1-4-14(16)13-7-9-26(10-8-13)19(27)18-15-12-30(28,29)11-3-6-17(15)24-25-18/h1-2,4-5,13,28-29H,3,6-12H2,(H,24,25). The molecular weight excluding hydrogens is 419 g/mol. The van der Waals surface area contributed by atoms with Gasteiger partial charge in [0.15, 0.2) is 5.69 Å². The van der Waals surface area contributed by atoms with Crippen molar-refractivity contribution >= 4 is 16.5 Å². The molecule has 2 aromatic rings. The van der Waals surface area contributed by atoms with Crippen LogP contribution in [0.5, 0.6) is 0 Å². The molecule has 0 aliphatic carbocycles. The van der Waals surface area contributed by atoms with Crippen LogP contribution >= 0.6 is 10.6 Å². The average molecular weight is 443 g/mol. The molecule has 0 radical (unpaired) electrons. The molecule has 164 valence electrons. The van der Waals surface area contributed by atoms with E-state index in [1.54, 1.807) is 11.0 Å². The normalized spacial score (nSPS) is 21.0. The van der Waals surface area contributed by atoms with E-state index in [9.17, 15) is 27.1 Å². The van der Waals surface area contributed by atoms with E-state index in [0.717, 1.165) is 11.8 Å². The number of likely N-dealkylation sites (tertiary alicyclic amines) is 1. The van der Waals surface area contributed by atoms with Crippen molar-refractivity contribution in [1.82, 2.24) is 15.1 Å². The Morgan fingerprint density at radius 1 is 1.20 bits per heavy atom. The van der Waals surface area contributed by atoms with Gasteiger partial charge in [0.25, 0.3) is 5.91 Å². The minimum atomic E-state index is -4.40. The highest BCUT2D eigenvalue weighted by Gasteiger charge is 2.37. The number of alkyl halides is 3. The zero-order chi connectivity index (χ0) is 21.5. The molecule has 4 rings (SSSR count). The molecule has 3 heterocycles. The highest BCUT2D eigenvalue weighted by Crippen LogP contribution is 2.46. The smallest absolute Gasteiger partial charge is 0.337 e. The van der Waals surface area contributed by atoms with Gasteiger partial charge in [-0.25, -0.2) is 0 Å². The van der Waals surface area contributed by atoms with Gasteiger partial charge in [0.2, 0.25) is 0 Å². The minimum Gasteiger partial charge on any atom is -0.337 e. The van der Waals surface area contributed by atoms with E-state index >= 15 is 0 Å². The predicted octanol–water partition coefficient (Wildman–Crippen LogP) is 4.65. The summed E-state index contributed by atoms with van der Waals surface area (Å²) in [6.07, 6.45) is -2.34. The van der Waals surface area contributed by atoms with Crippen LogP contribution in [0.2, 0.25) is 0 Å². The van der Waals surface area contributed by atoms with E-state index < -0.39 is 22.3 Å². The Bertz CT molecular complexity index is 937. The van der Waals surface area contributed by atoms with Crippen LogP contribution in [0.1, 0.15) is 58.1 Å². The van der Waals surface area contributed by atoms with Gasteiger partial charge in [-0.15, -0.1) is 0 Å². The van der Waals surface area contributed by atoms with Crippen molar-refractivity contribution in [2.45, 2.75) is 43.5 Å². The molecule has 0 atom stereocenters. The van der Waals surface area contributed by atoms with Gasteiger partial charge in [-0.2, -0.15) is 28.9 Å². The third-order valence-electron chi connectivity index (χ3n) is 5.92. The van der Waals surface area contributed by atoms with Gasteiger partial charge in [0, 0.05) is 30.1 Å². The summed E-state index contributed by atoms with van der Waals surface area (Å²) >= 11 is 0. The number of hydrogen-bond donors (Lipinski definition) is 3. The van der Waals surface area contributed by atoms with Crippen molar-refractivity contribution in [3.63, 3.8) is 0 Å². The fraction of sp³-hybridized carbons (Fsp3) is 0.500. The van der Waals surface area contributed by atoms with Crippen LogP contribution in [0.25, 0.3) is 0 Å². The summed E-state index contributed by atoms with van der Waals surface area (Å²) in [5, 5.41) is 6.98. The van der Waals surface area contributed by atoms with Crippen LogP contribution < -0.4 is 0 Å². The largest absolute Gasteiger partial charge is 0.416 e. The van der Waals surface area contributed by atoms with Crippen LogP contribution in [0.3, 0.4) is 0 Å². The lowest BCUT2D eigenvalue weighted by Crippen LogP contribution is -2.38. The molecular formula is C20H24F3N3O3S. The molecule has 3 N–H and O–H groups in total. The Kier molecular flexibility index (Phi) is 5.58. The molecule has 0 saturated carbocycles. The first-order valence-corrected chi connectivity index (χ1v) is 11.8. The lowest BCUT2D eigenvalue weighted by molar-refractivity contribution is -0.138. The zero-order valence-corrected chi connectivity index (χ0v) is 17.1. The van der Waals surface area contributed by atoms with Gasteiger partial charge in [0.1, 0.15) is 0 Å². The van der Waals surface area contributed by atoms with Gasteiger partial charge in [-0.3, -0.25) is 19.0 Å². The fourth-order valence-corrected chi connectivity index (χ4v) is 5.90. The van der Waals surface area contributed by atoms with E-state index in [-0.39, 0.29) is 28.8 Å². The van der Waals surface area contributed by atoms with E-state index in [1.165, 1.54) is 12.1 Å². The molecule has 1 fully saturated rings. The molecule has 2 aliphatic heterocycles. The first-order valence-electron chi connectivity index (χ1n) is 9.91. The summed E-state index contributed by atoms with van der Waals surface area (Å²) in [6, 6.07) is 5.62. The summed E-state index contributed by atoms with van der Waals surface area (Å²) in [4.78, 5) is 14.6. The molecule has 6 nitrogen and oxygen atoms in total. The lowest BCUT2D eigenvalue weighted by atomic mass is 9.86. The number of amides is 1. The van der Waals surface area contributed by atoms with Crippen LogP contribution in [-0.4, -0.2) is 49.0 Å². The van der Waals surface area contributed by atoms with Gasteiger partial charge in [-0.1, -0.05) is 18.2 Å². The Labute approximate surface area is 173 Å². The lowest BCUT2D eigenvalue weighted by Gasteiger charge is -2.33. The highest BCUT2D eigenvalue weighted by molar-refractivity contribution is 8.23. The Balaban J connectivity index is 1.49. The van der Waals surface area contributed by atoms with Gasteiger partial charge in [-0.05, 0) is 43.2 Å². The third kappa shape index (κ3) is 4.21. The molecule has 1 saturated heterocycles. The van der Waals surface area contributed by atoms with Gasteiger partial charge >= 0.3 is 6.18 Å². The Morgan fingerprint density at radius 2 is 1.90 bits per heavy atom. The minimum absolute atomic E-state index is 0.00926. The van der Waals surface area contributed by atoms with Crippen LogP contribution in [0.15, 0.2) is 24.3 Å². The van der Waals surface area contributed by atoms with E-state index in [1.807, 2.05) is 0 Å². The fourth-order valence-electron chi connectivity index (χ4n) is 4.38. The van der Waals surface area contributed by atoms with Crippen LogP contribution in [-0.2, 0) is 18.3 Å². The number of carbonyl (C=O) groups excluding carboxylic acids is 1. The highest BCUT2D eigenvalue weighted by atomic mass is 32.3. The number of benzene rings is 1. The zero-order valence-electron chi connectivity index (χ0n) is 16.3. The van der Waals surface area contributed by atoms with Crippen molar-refractivity contribution in [2.24, 2.45) is 0 Å². The van der Waals surface area contributed by atoms with Crippen molar-refractivity contribution in [3.05, 3.63) is 52.3 Å². The summed E-state index contributed by atoms with van der Waals surface area (Å²) in [6.45, 7) is 0.654. The maximum absolute atomic E-state index is 13.3. The summed E-state index contributed by atoms with van der Waals surface area (Å²) in [7, 11) is -2.79. The van der Waals surface area contributed by atoms with Crippen molar-refractivity contribution in [2.75, 3.05) is 18.8 Å². The van der Waals surface area contributed by atoms with E-state index in [4.69, 9.17) is 0 Å². The maximum atomic E-state index is 13.3. The number of nitrogens with zero attached hydrogens (tertiary/aromatic N) is 2. The van der Waals surface area contributed by atoms with E-state index in [2.05, 4.69) is 10.2 Å². The third-order valence-corrected chi connectivity index (χ3v) is 7.61. The number of H-pyrrole nitrogens is 1. The quantitative estimate of drug-likeness (QED) is 0.631. The number of aromatic nitrogens is 2. The SMILES string of the molecule is O=C(c1n[nH]c2c1CS(O)(O)CCC2)N1CCC(c2ccccc2C(F)(F)F)CC1. The monoisotopic (exact) mass is 443 g/mol. The van der Waals surface area contributed by atoms with Crippen LogP contribution in [0, 0.1) is 0 Å². The van der Waals surface area contributed by atoms with Crippen molar-refractivity contribution in [3.8, 4) is 0 Å². The average Bonchev–Trinajstić information content (AvgIpc) is 3.01. The summed E-state index contributed by atoms with van der Waals surface area (Å²) in [5.74, 6) is -0.273. The molecule has 1 amide bonds. The Hall–Kier alpha value is -2.04. The summed E-state index contributed by atoms with van der Waals surface area (Å²) < 4.78 is 60.3. The molecule has 2 aliphatic rings. The molecule has 0 unspecified atom stereocenters. The number of rotatable bonds is 2. The predicted molar refractivity (Wildman–Crippen MR) is 108 cm³/mol. The first kappa shape index (κ1) is 21.2. The molecule has 0 bridgehead atoms. The molecule has 10 heteroatoms. The second-order valence-corrected chi connectivity index (χ2v) is 10.2. The number of carbonyl (C=O) groups is 1. The summed E-state index contributed by atoms with van der Waals surface area (Å²) in [5.41, 5.74) is 1.17. The number of piperidine rings is 1. The topological polar surface area (TPSA) is 89.5 Å². The molecule has 0 spiro atoms. The van der Waals surface area contributed by atoms with E-state index in [0.29, 0.717) is 50.1 Å². The van der Waals surface area contributed by atoms with Crippen LogP contribution in [0.4, 0.5) is 13.2 Å². The molecule has 1 aromatic carbocycles. The number of hydrogen-bond acceptors (Lipinski definition) is 4. The van der Waals surface area contributed by atoms with Crippen molar-refractivity contribution < 1.29 is 27.1 Å². The number of halogens is 3. The van der Waals surface area contributed by atoms with Gasteiger partial charge in [0.05, 0.1) is 11.3 Å². The second kappa shape index (κ2) is 7.90. The van der Waals surface area contributed by atoms with Gasteiger partial charge < -0.3 is 4.90 Å². The number of nitrogens with one attached hydrogen (secondary N) is 1. The first-order chi connectivity index (χ1) is 14.2. The number of aryl methyl sites for hydroxylation is 1. The number of fused-ring (bicyclic) bond motifs is 1. The maximum Gasteiger partial charge on any atom is 0.416 e. The Morgan fingerprint density at radius 3 is 2.60 bits per heavy atom. The van der Waals surface area contributed by atoms with Crippen molar-refractivity contribution in [1.29, 1.82) is 0 Å². The second-order valence-electron chi connectivity index (χ2n) is 7.93. The molecule has 1 aromatic heterocycles. The molecule has 30 heavy (non-hydrogen) atoms. The number of aromatic amines is 1.